The first kappa shape index (κ1) is 15.6. The molecule has 106 valence electrons. The molecule has 1 saturated heterocycles. The zero-order valence-corrected chi connectivity index (χ0v) is 11.5. The standard InChI is InChI=1S/C11H19F3N2OS/c1-3-10(4-2)8-18-9(16-10)15-5-6-17-7-11(12,13)14/h3-8H2,1-2H3,(H,15,16). The van der Waals surface area contributed by atoms with E-state index in [0.717, 1.165) is 23.8 Å². The quantitative estimate of drug-likeness (QED) is 0.762. The van der Waals surface area contributed by atoms with E-state index >= 15 is 0 Å². The molecule has 0 radical (unpaired) electrons. The molecule has 0 saturated carbocycles. The lowest BCUT2D eigenvalue weighted by atomic mass is 9.96. The second-order valence-corrected chi connectivity index (χ2v) is 5.22. The molecule has 1 fully saturated rings. The molecule has 0 unspecified atom stereocenters. The maximum atomic E-state index is 11.8. The average Bonchev–Trinajstić information content (AvgIpc) is 2.72. The third-order valence-corrected chi connectivity index (χ3v) is 4.17. The molecule has 1 heterocycles. The third-order valence-electron chi connectivity index (χ3n) is 2.97. The first-order valence-corrected chi connectivity index (χ1v) is 6.99. The number of ether oxygens (including phenoxy) is 1. The van der Waals surface area contributed by atoms with Crippen LogP contribution in [0.3, 0.4) is 0 Å². The first-order valence-electron chi connectivity index (χ1n) is 6.01. The van der Waals surface area contributed by atoms with Crippen molar-refractivity contribution in [2.24, 2.45) is 4.99 Å². The Hall–Kier alpha value is -0.430. The summed E-state index contributed by atoms with van der Waals surface area (Å²) in [6.45, 7) is 3.29. The summed E-state index contributed by atoms with van der Waals surface area (Å²) in [6, 6.07) is 0. The fourth-order valence-electron chi connectivity index (χ4n) is 1.62. The van der Waals surface area contributed by atoms with Gasteiger partial charge in [-0.05, 0) is 12.8 Å². The predicted molar refractivity (Wildman–Crippen MR) is 68.1 cm³/mol. The molecule has 1 aliphatic rings. The fourth-order valence-corrected chi connectivity index (χ4v) is 2.99. The number of thioether (sulfide) groups is 1. The largest absolute Gasteiger partial charge is 0.411 e. The van der Waals surface area contributed by atoms with Crippen LogP contribution in [-0.2, 0) is 4.74 Å². The van der Waals surface area contributed by atoms with Gasteiger partial charge in [0, 0.05) is 11.3 Å². The summed E-state index contributed by atoms with van der Waals surface area (Å²) in [6.07, 6.45) is -2.23. The van der Waals surface area contributed by atoms with Crippen LogP contribution in [0.2, 0.25) is 0 Å². The molecular formula is C11H19F3N2OS. The van der Waals surface area contributed by atoms with Crippen molar-refractivity contribution < 1.29 is 17.9 Å². The van der Waals surface area contributed by atoms with Crippen LogP contribution >= 0.6 is 11.8 Å². The van der Waals surface area contributed by atoms with Crippen LogP contribution in [0.15, 0.2) is 4.99 Å². The van der Waals surface area contributed by atoms with E-state index in [-0.39, 0.29) is 18.7 Å². The normalized spacial score (nSPS) is 21.3. The Morgan fingerprint density at radius 2 is 2.06 bits per heavy atom. The Morgan fingerprint density at radius 3 is 2.56 bits per heavy atom. The number of hydrogen-bond acceptors (Lipinski definition) is 3. The molecule has 1 N–H and O–H groups in total. The number of nitrogens with one attached hydrogen (secondary N) is 1. The molecule has 0 aromatic carbocycles. The predicted octanol–water partition coefficient (Wildman–Crippen LogP) is 2.82. The van der Waals surface area contributed by atoms with Crippen molar-refractivity contribution in [3.8, 4) is 0 Å². The van der Waals surface area contributed by atoms with Gasteiger partial charge >= 0.3 is 6.18 Å². The molecule has 1 rings (SSSR count). The molecule has 18 heavy (non-hydrogen) atoms. The highest BCUT2D eigenvalue weighted by molar-refractivity contribution is 8.14. The van der Waals surface area contributed by atoms with Gasteiger partial charge in [-0.3, -0.25) is 4.99 Å². The summed E-state index contributed by atoms with van der Waals surface area (Å²) in [5.41, 5.74) is 0.0936. The summed E-state index contributed by atoms with van der Waals surface area (Å²) >= 11 is 1.62. The smallest absolute Gasteiger partial charge is 0.370 e. The number of hydrogen-bond donors (Lipinski definition) is 1. The van der Waals surface area contributed by atoms with E-state index in [4.69, 9.17) is 0 Å². The number of nitrogens with zero attached hydrogens (tertiary/aromatic N) is 1. The number of aliphatic imine (C=N–C) groups is 1. The van der Waals surface area contributed by atoms with E-state index in [2.05, 4.69) is 28.9 Å². The summed E-state index contributed by atoms with van der Waals surface area (Å²) in [5.74, 6) is 0.961. The SMILES string of the molecule is CCC1(CC)CSC(=NCCOCC(F)(F)F)N1. The van der Waals surface area contributed by atoms with Gasteiger partial charge < -0.3 is 10.1 Å². The molecule has 0 spiro atoms. The summed E-state index contributed by atoms with van der Waals surface area (Å²) in [4.78, 5) is 4.21. The molecule has 3 nitrogen and oxygen atoms in total. The van der Waals surface area contributed by atoms with Crippen molar-refractivity contribution >= 4 is 16.9 Å². The van der Waals surface area contributed by atoms with Crippen LogP contribution in [0.1, 0.15) is 26.7 Å². The monoisotopic (exact) mass is 284 g/mol. The van der Waals surface area contributed by atoms with E-state index in [0.29, 0.717) is 0 Å². The van der Waals surface area contributed by atoms with Crippen LogP contribution in [0.4, 0.5) is 13.2 Å². The molecule has 1 aliphatic heterocycles. The van der Waals surface area contributed by atoms with Crippen molar-refractivity contribution in [2.45, 2.75) is 38.4 Å². The number of alkyl halides is 3. The minimum absolute atomic E-state index is 0.00347. The molecule has 7 heteroatoms. The lowest BCUT2D eigenvalue weighted by Gasteiger charge is -2.25. The van der Waals surface area contributed by atoms with E-state index in [9.17, 15) is 13.2 Å². The zero-order chi connectivity index (χ0) is 13.6. The lowest BCUT2D eigenvalue weighted by Crippen LogP contribution is -2.42. The highest BCUT2D eigenvalue weighted by Crippen LogP contribution is 2.28. The van der Waals surface area contributed by atoms with Crippen molar-refractivity contribution in [3.63, 3.8) is 0 Å². The van der Waals surface area contributed by atoms with Gasteiger partial charge in [0.15, 0.2) is 5.17 Å². The Kier molecular flexibility index (Phi) is 5.78. The number of halogens is 3. The van der Waals surface area contributed by atoms with Crippen LogP contribution in [-0.4, -0.2) is 42.4 Å². The topological polar surface area (TPSA) is 33.6 Å². The Bertz CT molecular complexity index is 291. The Labute approximate surface area is 110 Å². The molecule has 0 aromatic rings. The summed E-state index contributed by atoms with van der Waals surface area (Å²) in [7, 11) is 0. The highest BCUT2D eigenvalue weighted by Gasteiger charge is 2.33. The van der Waals surface area contributed by atoms with Crippen LogP contribution in [0.25, 0.3) is 0 Å². The molecule has 0 atom stereocenters. The van der Waals surface area contributed by atoms with Crippen molar-refractivity contribution in [1.82, 2.24) is 5.32 Å². The third kappa shape index (κ3) is 5.06. The highest BCUT2D eigenvalue weighted by atomic mass is 32.2. The van der Waals surface area contributed by atoms with E-state index in [1.54, 1.807) is 11.8 Å². The zero-order valence-electron chi connectivity index (χ0n) is 10.6. The average molecular weight is 284 g/mol. The van der Waals surface area contributed by atoms with Gasteiger partial charge in [0.2, 0.25) is 0 Å². The molecular weight excluding hydrogens is 265 g/mol. The summed E-state index contributed by atoms with van der Waals surface area (Å²) < 4.78 is 39.9. The Morgan fingerprint density at radius 1 is 1.39 bits per heavy atom. The van der Waals surface area contributed by atoms with Gasteiger partial charge in [-0.2, -0.15) is 13.2 Å². The van der Waals surface area contributed by atoms with E-state index < -0.39 is 12.8 Å². The molecule has 0 bridgehead atoms. The van der Waals surface area contributed by atoms with Gasteiger partial charge in [0.05, 0.1) is 13.2 Å². The second-order valence-electron chi connectivity index (χ2n) is 4.26. The van der Waals surface area contributed by atoms with Gasteiger partial charge in [0.1, 0.15) is 6.61 Å². The molecule has 0 aromatic heterocycles. The van der Waals surface area contributed by atoms with Crippen molar-refractivity contribution in [3.05, 3.63) is 0 Å². The van der Waals surface area contributed by atoms with Gasteiger partial charge in [-0.15, -0.1) is 0 Å². The van der Waals surface area contributed by atoms with Crippen LogP contribution < -0.4 is 5.32 Å². The lowest BCUT2D eigenvalue weighted by molar-refractivity contribution is -0.173. The van der Waals surface area contributed by atoms with E-state index in [1.807, 2.05) is 0 Å². The molecule has 0 aliphatic carbocycles. The molecule has 0 amide bonds. The van der Waals surface area contributed by atoms with Gasteiger partial charge in [-0.25, -0.2) is 0 Å². The van der Waals surface area contributed by atoms with Crippen molar-refractivity contribution in [2.75, 3.05) is 25.5 Å². The fraction of sp³-hybridized carbons (Fsp3) is 0.909. The minimum Gasteiger partial charge on any atom is -0.370 e. The number of rotatable bonds is 6. The van der Waals surface area contributed by atoms with Gasteiger partial charge in [-0.1, -0.05) is 25.6 Å². The first-order chi connectivity index (χ1) is 8.41. The Balaban J connectivity index is 2.25. The van der Waals surface area contributed by atoms with Gasteiger partial charge in [0.25, 0.3) is 0 Å². The minimum atomic E-state index is -4.26. The van der Waals surface area contributed by atoms with Crippen LogP contribution in [0, 0.1) is 0 Å². The van der Waals surface area contributed by atoms with Crippen molar-refractivity contribution in [1.29, 1.82) is 0 Å². The maximum absolute atomic E-state index is 11.8. The second kappa shape index (κ2) is 6.65. The van der Waals surface area contributed by atoms with E-state index in [1.165, 1.54) is 0 Å². The maximum Gasteiger partial charge on any atom is 0.411 e. The van der Waals surface area contributed by atoms with Crippen LogP contribution in [0.5, 0.6) is 0 Å². The number of amidine groups is 1. The summed E-state index contributed by atoms with van der Waals surface area (Å²) in [5, 5.41) is 4.16.